The molecule has 0 atom stereocenters. The molecule has 0 saturated carbocycles. The van der Waals surface area contributed by atoms with E-state index in [4.69, 9.17) is 0 Å². The van der Waals surface area contributed by atoms with E-state index in [0.717, 1.165) is 37.1 Å². The molecule has 2 aliphatic carbocycles. The van der Waals surface area contributed by atoms with Gasteiger partial charge in [0, 0.05) is 37.1 Å². The summed E-state index contributed by atoms with van der Waals surface area (Å²) < 4.78 is 50.0. The van der Waals surface area contributed by atoms with Crippen molar-refractivity contribution >= 4 is 23.2 Å². The van der Waals surface area contributed by atoms with Crippen molar-refractivity contribution in [1.82, 2.24) is 0 Å². The van der Waals surface area contributed by atoms with Crippen molar-refractivity contribution in [2.45, 2.75) is 26.7 Å². The van der Waals surface area contributed by atoms with Gasteiger partial charge in [-0.2, -0.15) is 12.2 Å². The van der Waals surface area contributed by atoms with E-state index < -0.39 is 35.1 Å². The van der Waals surface area contributed by atoms with Gasteiger partial charge in [-0.15, -0.1) is 49.2 Å². The van der Waals surface area contributed by atoms with Crippen LogP contribution in [0.25, 0.3) is 0 Å². The molecule has 4 nitrogen and oxygen atoms in total. The maximum absolute atomic E-state index is 12.7. The number of anilines is 2. The molecule has 180 valence electrons. The molecule has 9 heteroatoms. The second-order valence-electron chi connectivity index (χ2n) is 6.44. The van der Waals surface area contributed by atoms with Crippen LogP contribution in [0.15, 0.2) is 60.7 Å². The molecular formula is C26H22F4N2O2Ti. The molecule has 2 N–H and O–H groups in total. The normalized spacial score (nSPS) is 11.6. The van der Waals surface area contributed by atoms with Crippen molar-refractivity contribution < 1.29 is 48.9 Å². The molecule has 2 aromatic rings. The zero-order valence-electron chi connectivity index (χ0n) is 19.0. The van der Waals surface area contributed by atoms with Crippen LogP contribution in [0.2, 0.25) is 0 Å². The molecule has 0 saturated heterocycles. The third kappa shape index (κ3) is 15.3. The minimum Gasteiger partial charge on any atom is -0.377 e. The molecule has 0 aliphatic heterocycles. The maximum atomic E-state index is 12.7. The number of hydrogen-bond acceptors (Lipinski definition) is 2. The zero-order valence-corrected chi connectivity index (χ0v) is 20.6. The van der Waals surface area contributed by atoms with Crippen molar-refractivity contribution in [3.05, 3.63) is 108 Å². The number of allylic oxidation sites excluding steroid dienone is 8. The maximum Gasteiger partial charge on any atom is 4.00 e. The number of benzene rings is 2. The summed E-state index contributed by atoms with van der Waals surface area (Å²) in [6.45, 7) is 2.48. The quantitative estimate of drug-likeness (QED) is 0.289. The van der Waals surface area contributed by atoms with Crippen LogP contribution in [0, 0.1) is 47.6 Å². The van der Waals surface area contributed by atoms with Gasteiger partial charge >= 0.3 is 21.7 Å². The molecule has 0 heterocycles. The van der Waals surface area contributed by atoms with E-state index >= 15 is 0 Å². The van der Waals surface area contributed by atoms with E-state index in [1.165, 1.54) is 13.8 Å². The van der Waals surface area contributed by atoms with Crippen molar-refractivity contribution in [2.75, 3.05) is 10.6 Å². The molecular weight excluding hydrogens is 496 g/mol. The Bertz CT molecular complexity index is 978. The van der Waals surface area contributed by atoms with E-state index in [1.54, 1.807) is 12.1 Å². The molecule has 0 spiro atoms. The second kappa shape index (κ2) is 18.1. The van der Waals surface area contributed by atoms with Crippen LogP contribution < -0.4 is 10.6 Å². The fourth-order valence-corrected chi connectivity index (χ4v) is 2.14. The van der Waals surface area contributed by atoms with Crippen molar-refractivity contribution in [2.24, 2.45) is 0 Å². The SMILES string of the molecule is CC(=O)Nc1ccc(F)[c-]c1F.CC(=O)Nc1ccc(F)[c-]c1F.[C-]1=CC=CC1.[C-]1=CC=CC1.[Ti+4]. The number of hydrogen-bond donors (Lipinski definition) is 2. The number of carbonyl (C=O) groups excluding carboxylic acids is 2. The first-order valence-corrected chi connectivity index (χ1v) is 9.92. The third-order valence-electron chi connectivity index (χ3n) is 3.52. The van der Waals surface area contributed by atoms with Crippen LogP contribution in [-0.4, -0.2) is 11.8 Å². The van der Waals surface area contributed by atoms with Crippen molar-refractivity contribution in [3.8, 4) is 0 Å². The smallest absolute Gasteiger partial charge is 0.377 e. The predicted molar refractivity (Wildman–Crippen MR) is 122 cm³/mol. The van der Waals surface area contributed by atoms with Crippen LogP contribution in [0.3, 0.4) is 0 Å². The van der Waals surface area contributed by atoms with Crippen molar-refractivity contribution in [1.29, 1.82) is 0 Å². The topological polar surface area (TPSA) is 58.2 Å². The minimum atomic E-state index is -0.898. The van der Waals surface area contributed by atoms with Gasteiger partial charge in [0.1, 0.15) is 0 Å². The summed E-state index contributed by atoms with van der Waals surface area (Å²) in [5.74, 6) is -4.19. The first kappa shape index (κ1) is 31.8. The summed E-state index contributed by atoms with van der Waals surface area (Å²) in [4.78, 5) is 20.9. The van der Waals surface area contributed by atoms with E-state index in [1.807, 2.05) is 24.3 Å². The van der Waals surface area contributed by atoms with E-state index in [0.29, 0.717) is 0 Å². The van der Waals surface area contributed by atoms with Gasteiger partial charge in [-0.3, -0.25) is 21.7 Å². The van der Waals surface area contributed by atoms with Crippen LogP contribution in [0.4, 0.5) is 28.9 Å². The largest absolute Gasteiger partial charge is 4.00 e. The molecule has 4 rings (SSSR count). The van der Waals surface area contributed by atoms with E-state index in [-0.39, 0.29) is 33.1 Å². The first-order chi connectivity index (χ1) is 16.2. The Morgan fingerprint density at radius 3 is 1.29 bits per heavy atom. The van der Waals surface area contributed by atoms with Gasteiger partial charge in [-0.05, 0) is 11.4 Å². The van der Waals surface area contributed by atoms with E-state index in [2.05, 4.69) is 34.9 Å². The number of halogens is 4. The fraction of sp³-hybridized carbons (Fsp3) is 0.154. The van der Waals surface area contributed by atoms with Crippen LogP contribution >= 0.6 is 0 Å². The van der Waals surface area contributed by atoms with Crippen molar-refractivity contribution in [3.63, 3.8) is 0 Å². The van der Waals surface area contributed by atoms with Gasteiger partial charge in [-0.1, -0.05) is 0 Å². The number of amides is 2. The Kier molecular flexibility index (Phi) is 16.5. The third-order valence-corrected chi connectivity index (χ3v) is 3.52. The molecule has 0 aromatic heterocycles. The molecule has 0 radical (unpaired) electrons. The number of nitrogens with one attached hydrogen (secondary N) is 2. The van der Waals surface area contributed by atoms with Gasteiger partial charge in [0.15, 0.2) is 0 Å². The van der Waals surface area contributed by atoms with Gasteiger partial charge in [0.05, 0.1) is 0 Å². The fourth-order valence-electron chi connectivity index (χ4n) is 2.14. The van der Waals surface area contributed by atoms with E-state index in [9.17, 15) is 27.2 Å². The average molecular weight is 518 g/mol. The van der Waals surface area contributed by atoms with Gasteiger partial charge < -0.3 is 10.6 Å². The molecule has 2 amide bonds. The monoisotopic (exact) mass is 518 g/mol. The molecule has 0 unspecified atom stereocenters. The minimum absolute atomic E-state index is 0. The van der Waals surface area contributed by atoms with Crippen LogP contribution in [-0.2, 0) is 31.3 Å². The average Bonchev–Trinajstić information content (AvgIpc) is 3.51. The number of rotatable bonds is 2. The first-order valence-electron chi connectivity index (χ1n) is 9.92. The summed E-state index contributed by atoms with van der Waals surface area (Å²) in [6.07, 6.45) is 20.0. The molecule has 2 aromatic carbocycles. The standard InChI is InChI=1S/2C8H6F2NO.2C5H5.Ti/c2*1-5(12)11-8-3-2-6(9)4-7(8)10;2*1-2-4-5-3-1;/h2*2-3H,1H3,(H,11,12);2*1-3H,4H2;/q4*-1;+4. The summed E-state index contributed by atoms with van der Waals surface area (Å²) in [5.41, 5.74) is -0.132. The zero-order chi connectivity index (χ0) is 25.3. The van der Waals surface area contributed by atoms with Gasteiger partial charge in [-0.25, -0.2) is 41.9 Å². The second-order valence-corrected chi connectivity index (χ2v) is 6.44. The Hall–Kier alpha value is -3.23. The summed E-state index contributed by atoms with van der Waals surface area (Å²) in [5, 5.41) is 4.38. The Morgan fingerprint density at radius 2 is 1.09 bits per heavy atom. The summed E-state index contributed by atoms with van der Waals surface area (Å²) in [6, 6.07) is 7.92. The summed E-state index contributed by atoms with van der Waals surface area (Å²) >= 11 is 0. The van der Waals surface area contributed by atoms with Crippen LogP contribution in [0.1, 0.15) is 26.7 Å². The molecule has 0 bridgehead atoms. The Labute approximate surface area is 217 Å². The van der Waals surface area contributed by atoms with Gasteiger partial charge in [0.25, 0.3) is 0 Å². The Morgan fingerprint density at radius 1 is 0.714 bits per heavy atom. The number of carbonyl (C=O) groups is 2. The molecule has 0 fully saturated rings. The summed E-state index contributed by atoms with van der Waals surface area (Å²) in [7, 11) is 0. The van der Waals surface area contributed by atoms with Crippen LogP contribution in [0.5, 0.6) is 0 Å². The Balaban J connectivity index is 0.000000468. The molecule has 2 aliphatic rings. The molecule has 35 heavy (non-hydrogen) atoms. The van der Waals surface area contributed by atoms with Gasteiger partial charge in [0.2, 0.25) is 11.8 Å². The predicted octanol–water partition coefficient (Wildman–Crippen LogP) is 6.06.